The number of fused-ring (bicyclic) bond motifs is 1. The third-order valence-electron chi connectivity index (χ3n) is 4.80. The highest BCUT2D eigenvalue weighted by Gasteiger charge is 2.33. The van der Waals surface area contributed by atoms with Crippen LogP contribution in [0.4, 0.5) is 0 Å². The van der Waals surface area contributed by atoms with E-state index in [2.05, 4.69) is 34.2 Å². The normalized spacial score (nSPS) is 27.2. The van der Waals surface area contributed by atoms with Crippen molar-refractivity contribution in [3.8, 4) is 0 Å². The van der Waals surface area contributed by atoms with Gasteiger partial charge in [0.1, 0.15) is 0 Å². The second-order valence-corrected chi connectivity index (χ2v) is 6.11. The van der Waals surface area contributed by atoms with Crippen molar-refractivity contribution >= 4 is 5.96 Å². The van der Waals surface area contributed by atoms with Crippen molar-refractivity contribution in [3.05, 3.63) is 35.9 Å². The van der Waals surface area contributed by atoms with E-state index in [0.29, 0.717) is 12.6 Å². The van der Waals surface area contributed by atoms with Crippen LogP contribution in [0.2, 0.25) is 0 Å². The van der Waals surface area contributed by atoms with Gasteiger partial charge < -0.3 is 10.6 Å². The zero-order valence-corrected chi connectivity index (χ0v) is 12.2. The Hall–Kier alpha value is -1.51. The topological polar surface area (TPSA) is 41.6 Å². The molecule has 2 aliphatic rings. The summed E-state index contributed by atoms with van der Waals surface area (Å²) in [6.45, 7) is 1.78. The Labute approximate surface area is 121 Å². The van der Waals surface area contributed by atoms with Gasteiger partial charge in [-0.15, -0.1) is 0 Å². The molecule has 3 nitrogen and oxygen atoms in total. The molecule has 1 aliphatic heterocycles. The predicted octanol–water partition coefficient (Wildman–Crippen LogP) is 3.16. The van der Waals surface area contributed by atoms with Crippen LogP contribution < -0.4 is 5.73 Å². The fourth-order valence-corrected chi connectivity index (χ4v) is 3.76. The van der Waals surface area contributed by atoms with Gasteiger partial charge in [-0.3, -0.25) is 0 Å². The standard InChI is InChI=1S/C17H25N3/c18-17(19-13-14-7-2-1-3-8-14)20-12-6-10-15-9-4-5-11-16(15)20/h1-3,7-8,15-16H,4-6,9-13H2,(H2,18,19)/t15-,16-/m0/s1. The molecule has 0 radical (unpaired) electrons. The van der Waals surface area contributed by atoms with E-state index in [-0.39, 0.29) is 0 Å². The van der Waals surface area contributed by atoms with Gasteiger partial charge in [-0.05, 0) is 37.2 Å². The molecule has 108 valence electrons. The van der Waals surface area contributed by atoms with Crippen LogP contribution in [0.25, 0.3) is 0 Å². The van der Waals surface area contributed by atoms with Crippen molar-refractivity contribution < 1.29 is 0 Å². The van der Waals surface area contributed by atoms with Crippen LogP contribution in [-0.2, 0) is 6.54 Å². The summed E-state index contributed by atoms with van der Waals surface area (Å²) >= 11 is 0. The minimum absolute atomic E-state index is 0.650. The quantitative estimate of drug-likeness (QED) is 0.663. The maximum absolute atomic E-state index is 6.28. The van der Waals surface area contributed by atoms with Gasteiger partial charge in [-0.2, -0.15) is 0 Å². The van der Waals surface area contributed by atoms with E-state index in [1.165, 1.54) is 44.1 Å². The molecule has 1 aliphatic carbocycles. The van der Waals surface area contributed by atoms with E-state index < -0.39 is 0 Å². The number of likely N-dealkylation sites (tertiary alicyclic amines) is 1. The van der Waals surface area contributed by atoms with Gasteiger partial charge in [-0.1, -0.05) is 43.2 Å². The molecular weight excluding hydrogens is 246 g/mol. The van der Waals surface area contributed by atoms with E-state index in [4.69, 9.17) is 5.73 Å². The monoisotopic (exact) mass is 271 g/mol. The predicted molar refractivity (Wildman–Crippen MR) is 83.5 cm³/mol. The van der Waals surface area contributed by atoms with Crippen molar-refractivity contribution in [3.63, 3.8) is 0 Å². The molecule has 1 aromatic carbocycles. The van der Waals surface area contributed by atoms with Gasteiger partial charge in [0.25, 0.3) is 0 Å². The summed E-state index contributed by atoms with van der Waals surface area (Å²) in [4.78, 5) is 7.01. The summed E-state index contributed by atoms with van der Waals surface area (Å²) in [7, 11) is 0. The zero-order valence-electron chi connectivity index (χ0n) is 12.2. The van der Waals surface area contributed by atoms with Crippen molar-refractivity contribution in [1.29, 1.82) is 0 Å². The highest BCUT2D eigenvalue weighted by atomic mass is 15.3. The second kappa shape index (κ2) is 6.29. The van der Waals surface area contributed by atoms with Gasteiger partial charge in [0.05, 0.1) is 6.54 Å². The molecule has 2 N–H and O–H groups in total. The smallest absolute Gasteiger partial charge is 0.191 e. The number of nitrogens with two attached hydrogens (primary N) is 1. The molecule has 0 spiro atoms. The van der Waals surface area contributed by atoms with Gasteiger partial charge in [-0.25, -0.2) is 4.99 Å². The number of nitrogens with zero attached hydrogens (tertiary/aromatic N) is 2. The lowest BCUT2D eigenvalue weighted by Gasteiger charge is -2.44. The van der Waals surface area contributed by atoms with Crippen LogP contribution >= 0.6 is 0 Å². The Kier molecular flexibility index (Phi) is 4.24. The summed E-state index contributed by atoms with van der Waals surface area (Å²) in [6, 6.07) is 11.0. The minimum Gasteiger partial charge on any atom is -0.370 e. The van der Waals surface area contributed by atoms with E-state index in [9.17, 15) is 0 Å². The molecule has 1 saturated carbocycles. The maximum atomic E-state index is 6.28. The lowest BCUT2D eigenvalue weighted by molar-refractivity contribution is 0.118. The first-order valence-electron chi connectivity index (χ1n) is 7.95. The van der Waals surface area contributed by atoms with Gasteiger partial charge >= 0.3 is 0 Å². The Morgan fingerprint density at radius 1 is 1.10 bits per heavy atom. The fourth-order valence-electron chi connectivity index (χ4n) is 3.76. The number of piperidine rings is 1. The summed E-state index contributed by atoms with van der Waals surface area (Å²) in [5.74, 6) is 1.61. The third kappa shape index (κ3) is 2.97. The van der Waals surface area contributed by atoms with Crippen LogP contribution in [0, 0.1) is 5.92 Å². The first-order valence-corrected chi connectivity index (χ1v) is 7.95. The Bertz CT molecular complexity index is 453. The first kappa shape index (κ1) is 13.5. The fraction of sp³-hybridized carbons (Fsp3) is 0.588. The maximum Gasteiger partial charge on any atom is 0.191 e. The average Bonchev–Trinajstić information content (AvgIpc) is 2.53. The molecule has 20 heavy (non-hydrogen) atoms. The first-order chi connectivity index (χ1) is 9.84. The molecule has 0 amide bonds. The summed E-state index contributed by atoms with van der Waals surface area (Å²) < 4.78 is 0. The van der Waals surface area contributed by atoms with E-state index >= 15 is 0 Å². The van der Waals surface area contributed by atoms with E-state index in [0.717, 1.165) is 18.4 Å². The number of guanidine groups is 1. The number of aliphatic imine (C=N–C) groups is 1. The Balaban J connectivity index is 1.67. The molecule has 2 fully saturated rings. The van der Waals surface area contributed by atoms with Crippen molar-refractivity contribution in [2.24, 2.45) is 16.6 Å². The van der Waals surface area contributed by atoms with E-state index in [1.54, 1.807) is 0 Å². The molecule has 0 aromatic heterocycles. The summed E-state index contributed by atoms with van der Waals surface area (Å²) in [6.07, 6.45) is 8.08. The van der Waals surface area contributed by atoms with Crippen LogP contribution in [0.1, 0.15) is 44.1 Å². The lowest BCUT2D eigenvalue weighted by atomic mass is 9.78. The second-order valence-electron chi connectivity index (χ2n) is 6.11. The molecule has 3 rings (SSSR count). The minimum atomic E-state index is 0.650. The van der Waals surface area contributed by atoms with Crippen LogP contribution in [0.5, 0.6) is 0 Å². The number of hydrogen-bond donors (Lipinski definition) is 1. The van der Waals surface area contributed by atoms with Crippen LogP contribution in [-0.4, -0.2) is 23.4 Å². The molecule has 1 heterocycles. The van der Waals surface area contributed by atoms with Gasteiger partial charge in [0, 0.05) is 12.6 Å². The van der Waals surface area contributed by atoms with Crippen LogP contribution in [0.3, 0.4) is 0 Å². The zero-order chi connectivity index (χ0) is 13.8. The van der Waals surface area contributed by atoms with Crippen molar-refractivity contribution in [2.75, 3.05) is 6.54 Å². The number of rotatable bonds is 2. The molecule has 0 bridgehead atoms. The lowest BCUT2D eigenvalue weighted by Crippen LogP contribution is -2.52. The average molecular weight is 271 g/mol. The number of hydrogen-bond acceptors (Lipinski definition) is 1. The molecule has 1 aromatic rings. The molecular formula is C17H25N3. The molecule has 2 atom stereocenters. The van der Waals surface area contributed by atoms with E-state index in [1.807, 2.05) is 6.07 Å². The largest absolute Gasteiger partial charge is 0.370 e. The van der Waals surface area contributed by atoms with Crippen molar-refractivity contribution in [1.82, 2.24) is 4.90 Å². The highest BCUT2D eigenvalue weighted by Crippen LogP contribution is 2.35. The summed E-state index contributed by atoms with van der Waals surface area (Å²) in [5, 5.41) is 0. The van der Waals surface area contributed by atoms with Gasteiger partial charge in [0.2, 0.25) is 0 Å². The van der Waals surface area contributed by atoms with Crippen molar-refractivity contribution in [2.45, 2.75) is 51.1 Å². The van der Waals surface area contributed by atoms with Crippen LogP contribution in [0.15, 0.2) is 35.3 Å². The Morgan fingerprint density at radius 3 is 2.70 bits per heavy atom. The summed E-state index contributed by atoms with van der Waals surface area (Å²) in [5.41, 5.74) is 7.51. The molecule has 0 unspecified atom stereocenters. The Morgan fingerprint density at radius 2 is 1.85 bits per heavy atom. The third-order valence-corrected chi connectivity index (χ3v) is 4.80. The highest BCUT2D eigenvalue weighted by molar-refractivity contribution is 5.78. The van der Waals surface area contributed by atoms with Gasteiger partial charge in [0.15, 0.2) is 5.96 Å². The SMILES string of the molecule is NC(=NCc1ccccc1)N1CCC[C@@H]2CCCC[C@@H]21. The molecule has 1 saturated heterocycles. The molecule has 3 heteroatoms. The number of benzene rings is 1.